The van der Waals surface area contributed by atoms with E-state index in [2.05, 4.69) is 20.2 Å². The van der Waals surface area contributed by atoms with Gasteiger partial charge in [0.05, 0.1) is 24.2 Å². The highest BCUT2D eigenvalue weighted by atomic mass is 35.5. The number of rotatable bonds is 8. The average molecular weight is 521 g/mol. The fraction of sp³-hybridized carbons (Fsp3) is 0.345. The zero-order valence-electron chi connectivity index (χ0n) is 21.9. The molecule has 3 aromatic rings. The Morgan fingerprint density at radius 3 is 2.57 bits per heavy atom. The van der Waals surface area contributed by atoms with Crippen LogP contribution in [0, 0.1) is 6.92 Å². The molecule has 1 unspecified atom stereocenters. The zero-order chi connectivity index (χ0) is 26.7. The lowest BCUT2D eigenvalue weighted by Crippen LogP contribution is -2.44. The summed E-state index contributed by atoms with van der Waals surface area (Å²) in [6.45, 7) is 10.8. The maximum Gasteiger partial charge on any atom is 0.250 e. The number of carbonyl (C=O) groups excluding carboxylic acids is 2. The van der Waals surface area contributed by atoms with Gasteiger partial charge in [-0.25, -0.2) is 4.98 Å². The van der Waals surface area contributed by atoms with Crippen molar-refractivity contribution in [1.29, 1.82) is 0 Å². The monoisotopic (exact) mass is 520 g/mol. The molecule has 1 aliphatic heterocycles. The Labute approximate surface area is 222 Å². The van der Waals surface area contributed by atoms with Crippen molar-refractivity contribution in [2.45, 2.75) is 52.6 Å². The number of amides is 1. The van der Waals surface area contributed by atoms with E-state index in [9.17, 15) is 9.59 Å². The van der Waals surface area contributed by atoms with Crippen LogP contribution in [-0.4, -0.2) is 40.5 Å². The SMILES string of the molecule is CC1=C(C(=O)NC(C)(C)C)C(c2ccccc2Cl)C(C=O)=C(COCCn2c(C)nc3ccccc32)N1. The lowest BCUT2D eigenvalue weighted by Gasteiger charge is -2.33. The number of fused-ring (bicyclic) bond motifs is 1. The molecule has 0 spiro atoms. The number of dihydropyridines is 1. The van der Waals surface area contributed by atoms with E-state index in [1.165, 1.54) is 0 Å². The molecule has 2 heterocycles. The maximum atomic E-state index is 13.4. The number of imidazole rings is 1. The topological polar surface area (TPSA) is 85.2 Å². The fourth-order valence-electron chi connectivity index (χ4n) is 4.72. The van der Waals surface area contributed by atoms with Gasteiger partial charge in [0.2, 0.25) is 5.91 Å². The van der Waals surface area contributed by atoms with E-state index in [-0.39, 0.29) is 12.5 Å². The zero-order valence-corrected chi connectivity index (χ0v) is 22.6. The molecular formula is C29H33ClN4O3. The second-order valence-corrected chi connectivity index (χ2v) is 10.6. The van der Waals surface area contributed by atoms with Crippen molar-refractivity contribution in [3.05, 3.63) is 87.5 Å². The Bertz CT molecular complexity index is 1400. The van der Waals surface area contributed by atoms with Crippen molar-refractivity contribution < 1.29 is 14.3 Å². The molecule has 4 rings (SSSR count). The summed E-state index contributed by atoms with van der Waals surface area (Å²) in [6.07, 6.45) is 0.796. The molecule has 7 nitrogen and oxygen atoms in total. The molecule has 2 N–H and O–H groups in total. The Balaban J connectivity index is 1.60. The van der Waals surface area contributed by atoms with Crippen LogP contribution in [0.1, 0.15) is 45.0 Å². The molecule has 194 valence electrons. The lowest BCUT2D eigenvalue weighted by molar-refractivity contribution is -0.119. The molecule has 1 aromatic heterocycles. The number of hydrogen-bond acceptors (Lipinski definition) is 5. The third kappa shape index (κ3) is 5.78. The summed E-state index contributed by atoms with van der Waals surface area (Å²) in [5, 5.41) is 6.79. The van der Waals surface area contributed by atoms with Gasteiger partial charge in [0.15, 0.2) is 0 Å². The molecule has 0 bridgehead atoms. The summed E-state index contributed by atoms with van der Waals surface area (Å²) in [7, 11) is 0. The van der Waals surface area contributed by atoms with Crippen LogP contribution < -0.4 is 10.6 Å². The first-order chi connectivity index (χ1) is 17.6. The van der Waals surface area contributed by atoms with Gasteiger partial charge in [-0.15, -0.1) is 0 Å². The molecule has 2 aromatic carbocycles. The molecule has 0 saturated carbocycles. The van der Waals surface area contributed by atoms with E-state index in [0.717, 1.165) is 23.1 Å². The molecule has 0 saturated heterocycles. The molecule has 1 atom stereocenters. The Morgan fingerprint density at radius 2 is 1.86 bits per heavy atom. The maximum absolute atomic E-state index is 13.4. The predicted octanol–water partition coefficient (Wildman–Crippen LogP) is 5.04. The van der Waals surface area contributed by atoms with Crippen molar-refractivity contribution in [1.82, 2.24) is 20.2 Å². The van der Waals surface area contributed by atoms with E-state index in [0.29, 0.717) is 46.3 Å². The standard InChI is InChI=1S/C29H33ClN4O3/c1-18-26(28(36)33-29(3,4)5)27(20-10-6-7-11-22(20)30)21(16-35)24(31-18)17-37-15-14-34-19(2)32-23-12-8-9-13-25(23)34/h6-13,16,27,31H,14-15,17H2,1-5H3,(H,33,36). The first-order valence-electron chi connectivity index (χ1n) is 12.3. The second kappa shape index (κ2) is 10.9. The van der Waals surface area contributed by atoms with Crippen LogP contribution >= 0.6 is 11.6 Å². The Kier molecular flexibility index (Phi) is 7.85. The first-order valence-corrected chi connectivity index (χ1v) is 12.7. The quantitative estimate of drug-likeness (QED) is 0.321. The van der Waals surface area contributed by atoms with E-state index in [1.807, 2.05) is 77.1 Å². The summed E-state index contributed by atoms with van der Waals surface area (Å²) < 4.78 is 8.15. The third-order valence-electron chi connectivity index (χ3n) is 6.32. The van der Waals surface area contributed by atoms with Gasteiger partial charge in [-0.1, -0.05) is 41.9 Å². The number of aldehydes is 1. The third-order valence-corrected chi connectivity index (χ3v) is 6.66. The van der Waals surface area contributed by atoms with Crippen molar-refractivity contribution in [3.8, 4) is 0 Å². The van der Waals surface area contributed by atoms with Crippen molar-refractivity contribution in [2.24, 2.45) is 0 Å². The van der Waals surface area contributed by atoms with Gasteiger partial charge in [0.1, 0.15) is 12.1 Å². The minimum Gasteiger partial charge on any atom is -0.373 e. The van der Waals surface area contributed by atoms with Crippen molar-refractivity contribution in [3.63, 3.8) is 0 Å². The Morgan fingerprint density at radius 1 is 1.16 bits per heavy atom. The summed E-state index contributed by atoms with van der Waals surface area (Å²) in [5.74, 6) is 0.0536. The number of nitrogens with zero attached hydrogens (tertiary/aromatic N) is 2. The number of halogens is 1. The highest BCUT2D eigenvalue weighted by molar-refractivity contribution is 6.31. The van der Waals surface area contributed by atoms with Gasteiger partial charge in [-0.05, 0) is 58.4 Å². The normalized spacial score (nSPS) is 16.2. The van der Waals surface area contributed by atoms with Gasteiger partial charge in [0, 0.05) is 45.6 Å². The molecule has 8 heteroatoms. The van der Waals surface area contributed by atoms with Crippen molar-refractivity contribution in [2.75, 3.05) is 13.2 Å². The second-order valence-electron chi connectivity index (χ2n) is 10.2. The van der Waals surface area contributed by atoms with Gasteiger partial charge in [0.25, 0.3) is 0 Å². The lowest BCUT2D eigenvalue weighted by atomic mass is 9.80. The number of para-hydroxylation sites is 2. The number of aromatic nitrogens is 2. The number of aryl methyl sites for hydroxylation is 1. The van der Waals surface area contributed by atoms with Gasteiger partial charge in [-0.2, -0.15) is 0 Å². The van der Waals surface area contributed by atoms with Crippen LogP contribution in [0.5, 0.6) is 0 Å². The summed E-state index contributed by atoms with van der Waals surface area (Å²) >= 11 is 6.57. The smallest absolute Gasteiger partial charge is 0.250 e. The van der Waals surface area contributed by atoms with E-state index >= 15 is 0 Å². The molecule has 0 aliphatic carbocycles. The fourth-order valence-corrected chi connectivity index (χ4v) is 4.97. The molecule has 1 amide bonds. The van der Waals surface area contributed by atoms with Gasteiger partial charge in [-0.3, -0.25) is 9.59 Å². The largest absolute Gasteiger partial charge is 0.373 e. The van der Waals surface area contributed by atoms with Crippen LogP contribution in [0.4, 0.5) is 0 Å². The number of carbonyl (C=O) groups is 2. The van der Waals surface area contributed by atoms with Gasteiger partial charge < -0.3 is 19.9 Å². The number of allylic oxidation sites excluding steroid dienone is 2. The predicted molar refractivity (Wildman–Crippen MR) is 146 cm³/mol. The van der Waals surface area contributed by atoms with E-state index in [4.69, 9.17) is 16.3 Å². The minimum absolute atomic E-state index is 0.187. The molecule has 0 radical (unpaired) electrons. The number of nitrogens with one attached hydrogen (secondary N) is 2. The van der Waals surface area contributed by atoms with Crippen LogP contribution in [-0.2, 0) is 20.9 Å². The summed E-state index contributed by atoms with van der Waals surface area (Å²) in [4.78, 5) is 30.5. The van der Waals surface area contributed by atoms with E-state index < -0.39 is 11.5 Å². The first kappa shape index (κ1) is 26.6. The van der Waals surface area contributed by atoms with E-state index in [1.54, 1.807) is 6.07 Å². The van der Waals surface area contributed by atoms with Crippen LogP contribution in [0.15, 0.2) is 71.1 Å². The molecule has 37 heavy (non-hydrogen) atoms. The average Bonchev–Trinajstić information content (AvgIpc) is 3.15. The van der Waals surface area contributed by atoms with Gasteiger partial charge >= 0.3 is 0 Å². The van der Waals surface area contributed by atoms with Crippen LogP contribution in [0.3, 0.4) is 0 Å². The highest BCUT2D eigenvalue weighted by Gasteiger charge is 2.36. The molecule has 0 fully saturated rings. The molecule has 1 aliphatic rings. The number of benzene rings is 2. The Hall–Kier alpha value is -3.42. The van der Waals surface area contributed by atoms with Crippen LogP contribution in [0.2, 0.25) is 5.02 Å². The minimum atomic E-state index is -0.617. The summed E-state index contributed by atoms with van der Waals surface area (Å²) in [6, 6.07) is 15.3. The van der Waals surface area contributed by atoms with Crippen LogP contribution in [0.25, 0.3) is 11.0 Å². The number of ether oxygens (including phenoxy) is 1. The molecular weight excluding hydrogens is 488 g/mol. The number of hydrogen-bond donors (Lipinski definition) is 2. The van der Waals surface area contributed by atoms with Crippen molar-refractivity contribution >= 4 is 34.8 Å². The highest BCUT2D eigenvalue weighted by Crippen LogP contribution is 2.40. The summed E-state index contributed by atoms with van der Waals surface area (Å²) in [5.41, 5.74) is 4.44.